The number of aryl methyl sites for hydroxylation is 1. The topological polar surface area (TPSA) is 75.9 Å². The molecule has 4 rings (SSSR count). The monoisotopic (exact) mass is 424 g/mol. The lowest BCUT2D eigenvalue weighted by Gasteiger charge is -2.32. The standard InChI is InChI=1S/C22H28N6OS/c1-27-19-9-4-3-8-17(19)25-20(27)18(10-14-30-2)26-21(29)16-7-5-13-28(15-16)22-23-11-6-12-24-22/h3-4,6,8-9,11-12,16,18H,5,7,10,13-15H2,1-2H3,(H,26,29)/t16-,18+/m1/s1. The van der Waals surface area contributed by atoms with Gasteiger partial charge in [-0.15, -0.1) is 0 Å². The molecule has 2 atom stereocenters. The summed E-state index contributed by atoms with van der Waals surface area (Å²) in [6.07, 6.45) is 8.27. The van der Waals surface area contributed by atoms with Crippen LogP contribution in [0.3, 0.4) is 0 Å². The predicted octanol–water partition coefficient (Wildman–Crippen LogP) is 3.19. The Balaban J connectivity index is 1.51. The van der Waals surface area contributed by atoms with Crippen LogP contribution in [0.4, 0.5) is 5.95 Å². The number of hydrogen-bond donors (Lipinski definition) is 1. The van der Waals surface area contributed by atoms with Gasteiger partial charge in [-0.3, -0.25) is 4.79 Å². The van der Waals surface area contributed by atoms with Crippen molar-refractivity contribution in [3.63, 3.8) is 0 Å². The number of rotatable bonds is 7. The van der Waals surface area contributed by atoms with Crippen LogP contribution < -0.4 is 10.2 Å². The molecule has 158 valence electrons. The number of imidazole rings is 1. The largest absolute Gasteiger partial charge is 0.346 e. The maximum Gasteiger partial charge on any atom is 0.225 e. The van der Waals surface area contributed by atoms with Gasteiger partial charge in [-0.2, -0.15) is 11.8 Å². The fourth-order valence-electron chi connectivity index (χ4n) is 4.09. The highest BCUT2D eigenvalue weighted by molar-refractivity contribution is 7.98. The molecule has 8 heteroatoms. The van der Waals surface area contributed by atoms with E-state index in [4.69, 9.17) is 4.98 Å². The molecule has 30 heavy (non-hydrogen) atoms. The Morgan fingerprint density at radius 3 is 2.83 bits per heavy atom. The molecule has 0 bridgehead atoms. The van der Waals surface area contributed by atoms with Gasteiger partial charge in [-0.1, -0.05) is 12.1 Å². The molecular formula is C22H28N6OS. The summed E-state index contributed by atoms with van der Waals surface area (Å²) in [6.45, 7) is 1.53. The lowest BCUT2D eigenvalue weighted by molar-refractivity contribution is -0.126. The number of aromatic nitrogens is 4. The first-order valence-electron chi connectivity index (χ1n) is 10.4. The Bertz CT molecular complexity index is 992. The number of thioether (sulfide) groups is 1. The average Bonchev–Trinajstić information content (AvgIpc) is 3.14. The fourth-order valence-corrected chi connectivity index (χ4v) is 4.57. The normalized spacial score (nSPS) is 17.8. The fraction of sp³-hybridized carbons (Fsp3) is 0.455. The number of hydrogen-bond acceptors (Lipinski definition) is 6. The van der Waals surface area contributed by atoms with Crippen molar-refractivity contribution in [3.05, 3.63) is 48.5 Å². The lowest BCUT2D eigenvalue weighted by Crippen LogP contribution is -2.45. The minimum atomic E-state index is -0.106. The van der Waals surface area contributed by atoms with Crippen LogP contribution in [0, 0.1) is 5.92 Å². The second kappa shape index (κ2) is 9.47. The summed E-state index contributed by atoms with van der Waals surface area (Å²) >= 11 is 1.78. The maximum atomic E-state index is 13.2. The van der Waals surface area contributed by atoms with Gasteiger partial charge in [0, 0.05) is 32.5 Å². The van der Waals surface area contributed by atoms with E-state index in [2.05, 4.69) is 37.1 Å². The van der Waals surface area contributed by atoms with Crippen molar-refractivity contribution < 1.29 is 4.79 Å². The third-order valence-corrected chi connectivity index (χ3v) is 6.33. The van der Waals surface area contributed by atoms with E-state index in [0.29, 0.717) is 12.5 Å². The quantitative estimate of drug-likeness (QED) is 0.628. The van der Waals surface area contributed by atoms with Crippen LogP contribution >= 0.6 is 11.8 Å². The van der Waals surface area contributed by atoms with Gasteiger partial charge >= 0.3 is 0 Å². The van der Waals surface area contributed by atoms with E-state index in [0.717, 1.165) is 48.4 Å². The van der Waals surface area contributed by atoms with Gasteiger partial charge in [0.1, 0.15) is 5.82 Å². The minimum absolute atomic E-state index is 0.0750. The van der Waals surface area contributed by atoms with E-state index in [9.17, 15) is 4.79 Å². The van der Waals surface area contributed by atoms with Crippen LogP contribution in [0.5, 0.6) is 0 Å². The van der Waals surface area contributed by atoms with E-state index >= 15 is 0 Å². The van der Waals surface area contributed by atoms with Gasteiger partial charge < -0.3 is 14.8 Å². The summed E-state index contributed by atoms with van der Waals surface area (Å²) in [6, 6.07) is 9.81. The van der Waals surface area contributed by atoms with Crippen LogP contribution in [0.1, 0.15) is 31.1 Å². The maximum absolute atomic E-state index is 13.2. The molecule has 3 aromatic rings. The Kier molecular flexibility index (Phi) is 6.52. The van der Waals surface area contributed by atoms with Gasteiger partial charge in [0.15, 0.2) is 0 Å². The molecule has 2 aromatic heterocycles. The molecular weight excluding hydrogens is 396 g/mol. The smallest absolute Gasteiger partial charge is 0.225 e. The van der Waals surface area contributed by atoms with E-state index in [-0.39, 0.29) is 17.9 Å². The van der Waals surface area contributed by atoms with Crippen molar-refractivity contribution in [1.29, 1.82) is 0 Å². The van der Waals surface area contributed by atoms with E-state index < -0.39 is 0 Å². The summed E-state index contributed by atoms with van der Waals surface area (Å²) in [5.41, 5.74) is 2.05. The SMILES string of the molecule is CSCC[C@H](NC(=O)[C@@H]1CCCN(c2ncccn2)C1)c1nc2ccccc2n1C. The molecule has 0 radical (unpaired) electrons. The van der Waals surface area contributed by atoms with Crippen molar-refractivity contribution in [2.75, 3.05) is 30.0 Å². The Morgan fingerprint density at radius 1 is 1.27 bits per heavy atom. The molecule has 0 unspecified atom stereocenters. The van der Waals surface area contributed by atoms with Crippen molar-refractivity contribution in [2.45, 2.75) is 25.3 Å². The van der Waals surface area contributed by atoms with Gasteiger partial charge in [0.25, 0.3) is 0 Å². The molecule has 1 amide bonds. The number of nitrogens with one attached hydrogen (secondary N) is 1. The van der Waals surface area contributed by atoms with Crippen LogP contribution in [0.2, 0.25) is 0 Å². The summed E-state index contributed by atoms with van der Waals surface area (Å²) in [7, 11) is 2.03. The number of amides is 1. The van der Waals surface area contributed by atoms with Gasteiger partial charge in [-0.05, 0) is 49.5 Å². The zero-order valence-corrected chi connectivity index (χ0v) is 18.3. The first-order chi connectivity index (χ1) is 14.7. The highest BCUT2D eigenvalue weighted by atomic mass is 32.2. The second-order valence-corrected chi connectivity index (χ2v) is 8.68. The Labute approximate surface area is 181 Å². The summed E-state index contributed by atoms with van der Waals surface area (Å²) < 4.78 is 2.10. The Hall–Kier alpha value is -2.61. The average molecular weight is 425 g/mol. The molecule has 3 heterocycles. The van der Waals surface area contributed by atoms with Crippen LogP contribution in [0.15, 0.2) is 42.7 Å². The van der Waals surface area contributed by atoms with Crippen LogP contribution in [-0.2, 0) is 11.8 Å². The lowest BCUT2D eigenvalue weighted by atomic mass is 9.96. The van der Waals surface area contributed by atoms with E-state index in [1.807, 2.05) is 31.3 Å². The number of carbonyl (C=O) groups is 1. The minimum Gasteiger partial charge on any atom is -0.346 e. The van der Waals surface area contributed by atoms with Crippen molar-refractivity contribution >= 4 is 34.7 Å². The third kappa shape index (κ3) is 4.43. The van der Waals surface area contributed by atoms with Crippen molar-refractivity contribution in [1.82, 2.24) is 24.8 Å². The Morgan fingerprint density at radius 2 is 2.07 bits per heavy atom. The molecule has 1 aliphatic heterocycles. The van der Waals surface area contributed by atoms with Gasteiger partial charge in [0.2, 0.25) is 11.9 Å². The van der Waals surface area contributed by atoms with Crippen molar-refractivity contribution in [2.24, 2.45) is 13.0 Å². The molecule has 1 aliphatic rings. The predicted molar refractivity (Wildman–Crippen MR) is 122 cm³/mol. The van der Waals surface area contributed by atoms with Gasteiger partial charge in [-0.25, -0.2) is 15.0 Å². The highest BCUT2D eigenvalue weighted by Gasteiger charge is 2.29. The second-order valence-electron chi connectivity index (χ2n) is 7.69. The van der Waals surface area contributed by atoms with Crippen LogP contribution in [-0.4, -0.2) is 50.5 Å². The molecule has 0 aliphatic carbocycles. The van der Waals surface area contributed by atoms with E-state index in [1.165, 1.54) is 0 Å². The first-order valence-corrected chi connectivity index (χ1v) is 11.8. The molecule has 1 saturated heterocycles. The zero-order chi connectivity index (χ0) is 20.9. The first kappa shape index (κ1) is 20.7. The van der Waals surface area contributed by atoms with Crippen LogP contribution in [0.25, 0.3) is 11.0 Å². The number of benzene rings is 1. The molecule has 7 nitrogen and oxygen atoms in total. The molecule has 0 saturated carbocycles. The number of nitrogens with zero attached hydrogens (tertiary/aromatic N) is 5. The zero-order valence-electron chi connectivity index (χ0n) is 17.5. The molecule has 1 aromatic carbocycles. The summed E-state index contributed by atoms with van der Waals surface area (Å²) in [5.74, 6) is 2.59. The molecule has 0 spiro atoms. The third-order valence-electron chi connectivity index (χ3n) is 5.69. The molecule has 1 fully saturated rings. The van der Waals surface area contributed by atoms with E-state index in [1.54, 1.807) is 24.2 Å². The summed E-state index contributed by atoms with van der Waals surface area (Å²) in [5, 5.41) is 3.31. The number of para-hydroxylation sites is 2. The van der Waals surface area contributed by atoms with Gasteiger partial charge in [0.05, 0.1) is 23.0 Å². The number of anilines is 1. The van der Waals surface area contributed by atoms with Crippen molar-refractivity contribution in [3.8, 4) is 0 Å². The highest BCUT2D eigenvalue weighted by Crippen LogP contribution is 2.25. The number of fused-ring (bicyclic) bond motifs is 1. The number of piperidine rings is 1. The number of carbonyl (C=O) groups excluding carboxylic acids is 1. The molecule has 1 N–H and O–H groups in total. The summed E-state index contributed by atoms with van der Waals surface area (Å²) in [4.78, 5) is 28.9.